The zero-order valence-electron chi connectivity index (χ0n) is 29.9. The van der Waals surface area contributed by atoms with Gasteiger partial charge in [0.2, 0.25) is 0 Å². The molecule has 0 aliphatic carbocycles. The molecule has 0 spiro atoms. The highest BCUT2D eigenvalue weighted by Crippen LogP contribution is 2.51. The maximum atomic E-state index is 14.3. The third-order valence-corrected chi connectivity index (χ3v) is 12.0. The number of carbonyl (C=O) groups excluding carboxylic acids is 4. The maximum Gasteiger partial charge on any atom is 0.261 e. The summed E-state index contributed by atoms with van der Waals surface area (Å²) < 4.78 is 0. The predicted octanol–water partition coefficient (Wildman–Crippen LogP) is 10.7. The van der Waals surface area contributed by atoms with E-state index in [0.29, 0.717) is 83.6 Å². The van der Waals surface area contributed by atoms with Crippen molar-refractivity contribution in [3.63, 3.8) is 0 Å². The highest BCUT2D eigenvalue weighted by molar-refractivity contribution is 8.04. The Labute approximate surface area is 312 Å². The van der Waals surface area contributed by atoms with E-state index in [4.69, 9.17) is 12.2 Å². The number of thiocyanates is 1. The summed E-state index contributed by atoms with van der Waals surface area (Å²) in [6.07, 6.45) is 7.66. The van der Waals surface area contributed by atoms with Crippen LogP contribution in [0.5, 0.6) is 0 Å². The molecule has 4 amide bonds. The van der Waals surface area contributed by atoms with Crippen molar-refractivity contribution < 1.29 is 19.2 Å². The van der Waals surface area contributed by atoms with Gasteiger partial charge < -0.3 is 0 Å². The first kappa shape index (κ1) is 35.7. The number of fused-ring (bicyclic) bond motifs is 2. The lowest BCUT2D eigenvalue weighted by molar-refractivity contribution is 0.0565. The van der Waals surface area contributed by atoms with Crippen LogP contribution >= 0.6 is 24.0 Å². The minimum absolute atomic E-state index is 0.158. The van der Waals surface area contributed by atoms with Crippen LogP contribution in [0, 0.1) is 22.5 Å². The van der Waals surface area contributed by atoms with Crippen molar-refractivity contribution in [2.45, 2.75) is 84.0 Å². The third kappa shape index (κ3) is 5.49. The zero-order chi connectivity index (χ0) is 36.8. The SMILES string of the molecule is CCCCC(CC)CN1C(=O)c2ccc3c4c(N=C=S)cc5c6c(cc(SC#N)c(c7ccc(c2c37)C1=O)c64)C(=O)N(CC(CC)CCCC)C5=O. The number of unbranched alkanes of at least 4 members (excludes halogenated alkanes) is 2. The van der Waals surface area contributed by atoms with Gasteiger partial charge >= 0.3 is 0 Å². The standard InChI is InChI=1S/C42H40N4O4S2/c1-5-9-11-23(7-3)19-45-39(47)27-15-13-25-33-26(14-16-28(34(27)33)40(45)48)37-32(52-21-43)18-30-35-29(17-31(44-22-51)36(25)38(35)37)41(49)46(42(30)50)20-24(8-4)12-10-6-2/h13-18,23-24H,5-12,19-20H2,1-4H3. The molecular formula is C42H40N4O4S2. The fourth-order valence-corrected chi connectivity index (χ4v) is 9.15. The minimum atomic E-state index is -0.386. The topological polar surface area (TPSA) is 111 Å². The molecule has 5 aromatic carbocycles. The number of amides is 4. The quantitative estimate of drug-likeness (QED) is 0.0213. The summed E-state index contributed by atoms with van der Waals surface area (Å²) in [6.45, 7) is 9.10. The maximum absolute atomic E-state index is 14.3. The Hall–Kier alpha value is -4.68. The number of rotatable bonds is 14. The Morgan fingerprint density at radius 3 is 1.67 bits per heavy atom. The second-order valence-electron chi connectivity index (χ2n) is 14.1. The molecule has 0 saturated heterocycles. The number of aliphatic imine (C=N–C) groups is 1. The molecule has 0 N–H and O–H groups in total. The van der Waals surface area contributed by atoms with E-state index < -0.39 is 0 Å². The molecule has 2 unspecified atom stereocenters. The molecule has 2 heterocycles. The van der Waals surface area contributed by atoms with E-state index in [-0.39, 0.29) is 35.5 Å². The molecule has 2 aliphatic heterocycles. The first-order chi connectivity index (χ1) is 25.2. The van der Waals surface area contributed by atoms with Crippen LogP contribution in [-0.4, -0.2) is 51.7 Å². The van der Waals surface area contributed by atoms with Gasteiger partial charge in [-0.2, -0.15) is 10.3 Å². The number of imide groups is 2. The number of thiocarbonyl (C=S) groups is 1. The summed E-state index contributed by atoms with van der Waals surface area (Å²) in [5, 5.41) is 19.9. The van der Waals surface area contributed by atoms with Crippen molar-refractivity contribution in [2.24, 2.45) is 16.8 Å². The van der Waals surface area contributed by atoms with Gasteiger partial charge in [-0.05, 0) is 89.1 Å². The molecule has 0 radical (unpaired) electrons. The number of hydrogen-bond donors (Lipinski definition) is 0. The molecule has 8 nitrogen and oxygen atoms in total. The Morgan fingerprint density at radius 2 is 1.17 bits per heavy atom. The molecular weight excluding hydrogens is 689 g/mol. The number of hydrogen-bond acceptors (Lipinski definition) is 8. The molecule has 0 fully saturated rings. The van der Waals surface area contributed by atoms with E-state index in [1.165, 1.54) is 9.80 Å². The smallest absolute Gasteiger partial charge is 0.261 e. The summed E-state index contributed by atoms with van der Waals surface area (Å²) in [7, 11) is 0. The van der Waals surface area contributed by atoms with Gasteiger partial charge in [0, 0.05) is 61.6 Å². The van der Waals surface area contributed by atoms with E-state index in [0.717, 1.165) is 68.5 Å². The van der Waals surface area contributed by atoms with Crippen molar-refractivity contribution in [1.82, 2.24) is 9.80 Å². The molecule has 10 heteroatoms. The number of thioether (sulfide) groups is 1. The third-order valence-electron chi connectivity index (χ3n) is 11.2. The molecule has 0 bridgehead atoms. The van der Waals surface area contributed by atoms with Gasteiger partial charge in [0.25, 0.3) is 23.6 Å². The van der Waals surface area contributed by atoms with Gasteiger partial charge in [0.05, 0.1) is 16.4 Å². The van der Waals surface area contributed by atoms with Gasteiger partial charge in [0.15, 0.2) is 0 Å². The van der Waals surface area contributed by atoms with Crippen LogP contribution < -0.4 is 0 Å². The number of carbonyl (C=O) groups is 4. The lowest BCUT2D eigenvalue weighted by atomic mass is 9.81. The van der Waals surface area contributed by atoms with E-state index in [2.05, 4.69) is 43.2 Å². The molecule has 52 heavy (non-hydrogen) atoms. The Kier molecular flexibility index (Phi) is 9.88. The summed E-state index contributed by atoms with van der Waals surface area (Å²) in [6, 6.07) is 10.7. The second kappa shape index (κ2) is 14.4. The molecule has 5 aromatic rings. The van der Waals surface area contributed by atoms with Crippen molar-refractivity contribution in [3.05, 3.63) is 58.7 Å². The van der Waals surface area contributed by atoms with E-state index in [1.54, 1.807) is 24.3 Å². The van der Waals surface area contributed by atoms with E-state index >= 15 is 0 Å². The highest BCUT2D eigenvalue weighted by atomic mass is 32.2. The van der Waals surface area contributed by atoms with Crippen LogP contribution in [0.15, 0.2) is 46.3 Å². The largest absolute Gasteiger partial charge is 0.274 e. The van der Waals surface area contributed by atoms with Crippen LogP contribution in [0.25, 0.3) is 43.1 Å². The Morgan fingerprint density at radius 1 is 0.673 bits per heavy atom. The fourth-order valence-electron chi connectivity index (χ4n) is 8.46. The average molecular weight is 729 g/mol. The summed E-state index contributed by atoms with van der Waals surface area (Å²) in [4.78, 5) is 64.8. The summed E-state index contributed by atoms with van der Waals surface area (Å²) in [5.74, 6) is -1.05. The van der Waals surface area contributed by atoms with Crippen molar-refractivity contribution in [1.29, 1.82) is 5.26 Å². The Balaban J connectivity index is 1.52. The van der Waals surface area contributed by atoms with Gasteiger partial charge in [0.1, 0.15) is 5.40 Å². The van der Waals surface area contributed by atoms with E-state index in [9.17, 15) is 24.4 Å². The minimum Gasteiger partial charge on any atom is -0.274 e. The summed E-state index contributed by atoms with van der Waals surface area (Å²) in [5.41, 5.74) is 1.99. The van der Waals surface area contributed by atoms with Crippen LogP contribution in [0.1, 0.15) is 120 Å². The first-order valence-electron chi connectivity index (χ1n) is 18.4. The second-order valence-corrected chi connectivity index (χ2v) is 15.1. The highest BCUT2D eigenvalue weighted by Gasteiger charge is 2.39. The number of isothiocyanates is 1. The molecule has 0 aromatic heterocycles. The number of nitriles is 1. The number of benzene rings is 5. The van der Waals surface area contributed by atoms with Crippen molar-refractivity contribution in [2.75, 3.05) is 13.1 Å². The van der Waals surface area contributed by atoms with Crippen LogP contribution in [0.3, 0.4) is 0 Å². The zero-order valence-corrected chi connectivity index (χ0v) is 31.6. The van der Waals surface area contributed by atoms with E-state index in [1.807, 2.05) is 12.1 Å². The predicted molar refractivity (Wildman–Crippen MR) is 211 cm³/mol. The van der Waals surface area contributed by atoms with Gasteiger partial charge in [-0.3, -0.25) is 29.0 Å². The fraction of sp³-hybridized carbons (Fsp3) is 0.381. The lowest BCUT2D eigenvalue weighted by Crippen LogP contribution is -2.43. The van der Waals surface area contributed by atoms with Crippen molar-refractivity contribution >= 4 is 102 Å². The molecule has 0 saturated carbocycles. The van der Waals surface area contributed by atoms with Gasteiger partial charge in [-0.15, -0.1) is 0 Å². The first-order valence-corrected chi connectivity index (χ1v) is 19.6. The lowest BCUT2D eigenvalue weighted by Gasteiger charge is -2.33. The Bertz CT molecular complexity index is 2400. The average Bonchev–Trinajstić information content (AvgIpc) is 3.15. The van der Waals surface area contributed by atoms with Crippen LogP contribution in [0.2, 0.25) is 0 Å². The number of nitrogens with zero attached hydrogens (tertiary/aromatic N) is 4. The monoisotopic (exact) mass is 728 g/mol. The molecule has 2 atom stereocenters. The molecule has 7 rings (SSSR count). The van der Waals surface area contributed by atoms with Gasteiger partial charge in [-0.1, -0.05) is 78.4 Å². The van der Waals surface area contributed by atoms with Crippen molar-refractivity contribution in [3.8, 4) is 5.40 Å². The van der Waals surface area contributed by atoms with Gasteiger partial charge in [-0.25, -0.2) is 0 Å². The summed E-state index contributed by atoms with van der Waals surface area (Å²) >= 11 is 6.06. The van der Waals surface area contributed by atoms with Crippen LogP contribution in [-0.2, 0) is 0 Å². The molecule has 264 valence electrons. The molecule has 2 aliphatic rings. The van der Waals surface area contributed by atoms with Crippen LogP contribution in [0.4, 0.5) is 5.69 Å². The normalized spacial score (nSPS) is 15.3.